The standard InChI is InChI=1S/C38H37Cl2FN6O4/c1-50-35-22(16-46-18-37(19-46)14-12-30(48)44-37)6-10-28(42-35)24-4-3-5-26(33(24)39)32-27(41)9-8-25(34(32)40)29-11-7-23(36(43-29)51-2)17-47-20-38(21-47)15-13-31(49)45-38/h3-11H,12-21H2,1-2H3,(H,44,48)(H,45,49). The molecule has 264 valence electrons. The largest absolute Gasteiger partial charge is 0.481 e. The van der Waals surface area contributed by atoms with Crippen LogP contribution < -0.4 is 20.1 Å². The average molecular weight is 732 g/mol. The van der Waals surface area contributed by atoms with Crippen LogP contribution in [0.1, 0.15) is 36.8 Å². The number of halogens is 3. The van der Waals surface area contributed by atoms with Gasteiger partial charge in [-0.05, 0) is 37.1 Å². The molecule has 0 atom stereocenters. The van der Waals surface area contributed by atoms with Gasteiger partial charge in [-0.2, -0.15) is 0 Å². The first kappa shape index (κ1) is 33.8. The molecule has 0 saturated carbocycles. The fourth-order valence-electron chi connectivity index (χ4n) is 8.10. The smallest absolute Gasteiger partial charge is 0.220 e. The molecular formula is C38H37Cl2FN6O4. The van der Waals surface area contributed by atoms with Crippen LogP contribution in [0, 0.1) is 5.82 Å². The van der Waals surface area contributed by atoms with Crippen molar-refractivity contribution in [3.8, 4) is 45.4 Å². The molecule has 2 spiro atoms. The predicted octanol–water partition coefficient (Wildman–Crippen LogP) is 5.87. The number of pyridine rings is 2. The zero-order chi connectivity index (χ0) is 35.5. The van der Waals surface area contributed by atoms with E-state index in [-0.39, 0.29) is 33.5 Å². The van der Waals surface area contributed by atoms with Crippen molar-refractivity contribution >= 4 is 35.0 Å². The minimum absolute atomic E-state index is 0.111. The molecule has 0 bridgehead atoms. The SMILES string of the molecule is COc1nc(-c2cccc(-c3c(F)ccc(-c4ccc(CN5CC6(CCC(=O)N6)C5)c(OC)n4)c3Cl)c2Cl)ccc1CN1CC2(CCC(=O)N2)C1. The summed E-state index contributed by atoms with van der Waals surface area (Å²) in [7, 11) is 3.15. The van der Waals surface area contributed by atoms with Crippen molar-refractivity contribution in [1.82, 2.24) is 30.4 Å². The van der Waals surface area contributed by atoms with Gasteiger partial charge in [-0.25, -0.2) is 14.4 Å². The lowest BCUT2D eigenvalue weighted by molar-refractivity contribution is -0.121. The number of methoxy groups -OCH3 is 2. The molecule has 0 aliphatic carbocycles. The second kappa shape index (κ2) is 13.0. The number of nitrogens with zero attached hydrogens (tertiary/aromatic N) is 4. The fourth-order valence-corrected chi connectivity index (χ4v) is 8.77. The van der Waals surface area contributed by atoms with Crippen LogP contribution in [0.5, 0.6) is 11.8 Å². The topological polar surface area (TPSA) is 109 Å². The molecule has 8 rings (SSSR count). The minimum atomic E-state index is -0.524. The Hall–Kier alpha value is -4.29. The van der Waals surface area contributed by atoms with Crippen molar-refractivity contribution in [1.29, 1.82) is 0 Å². The van der Waals surface area contributed by atoms with Gasteiger partial charge < -0.3 is 20.1 Å². The van der Waals surface area contributed by atoms with Gasteiger partial charge in [-0.1, -0.05) is 53.5 Å². The Bertz CT molecular complexity index is 2070. The molecule has 4 aromatic rings. The Morgan fingerprint density at radius 2 is 1.20 bits per heavy atom. The van der Waals surface area contributed by atoms with Gasteiger partial charge >= 0.3 is 0 Å². The number of likely N-dealkylation sites (tertiary alicyclic amines) is 2. The van der Waals surface area contributed by atoms with Gasteiger partial charge in [-0.15, -0.1) is 0 Å². The summed E-state index contributed by atoms with van der Waals surface area (Å²) in [5.41, 5.74) is 4.41. The molecule has 4 saturated heterocycles. The van der Waals surface area contributed by atoms with Crippen molar-refractivity contribution in [3.05, 3.63) is 81.6 Å². The third kappa shape index (κ3) is 6.20. The number of ether oxygens (including phenoxy) is 2. The molecule has 2 aromatic heterocycles. The number of aromatic nitrogens is 2. The average Bonchev–Trinajstić information content (AvgIpc) is 3.68. The lowest BCUT2D eigenvalue weighted by Crippen LogP contribution is -2.66. The fraction of sp³-hybridized carbons (Fsp3) is 0.368. The summed E-state index contributed by atoms with van der Waals surface area (Å²) in [5.74, 6) is 0.628. The van der Waals surface area contributed by atoms with Crippen LogP contribution in [0.2, 0.25) is 10.0 Å². The summed E-state index contributed by atoms with van der Waals surface area (Å²) in [4.78, 5) is 37.6. The Kier molecular flexibility index (Phi) is 8.65. The number of benzene rings is 2. The van der Waals surface area contributed by atoms with E-state index in [1.807, 2.05) is 30.3 Å². The highest BCUT2D eigenvalue weighted by molar-refractivity contribution is 6.39. The number of carbonyl (C=O) groups is 2. The van der Waals surface area contributed by atoms with Gasteiger partial charge in [0.1, 0.15) is 5.82 Å². The molecule has 2 amide bonds. The van der Waals surface area contributed by atoms with Gasteiger partial charge in [0, 0.05) is 85.5 Å². The first-order valence-electron chi connectivity index (χ1n) is 17.0. The molecule has 4 aliphatic rings. The molecule has 4 aliphatic heterocycles. The van der Waals surface area contributed by atoms with E-state index in [0.29, 0.717) is 70.8 Å². The van der Waals surface area contributed by atoms with Crippen LogP contribution in [0.4, 0.5) is 4.39 Å². The Balaban J connectivity index is 1.03. The van der Waals surface area contributed by atoms with Crippen LogP contribution in [-0.4, -0.2) is 83.1 Å². The first-order chi connectivity index (χ1) is 24.6. The minimum Gasteiger partial charge on any atom is -0.481 e. The highest BCUT2D eigenvalue weighted by atomic mass is 35.5. The van der Waals surface area contributed by atoms with Crippen LogP contribution in [0.15, 0.2) is 54.6 Å². The third-order valence-corrected chi connectivity index (χ3v) is 11.3. The van der Waals surface area contributed by atoms with E-state index in [2.05, 4.69) is 20.4 Å². The van der Waals surface area contributed by atoms with Crippen molar-refractivity contribution in [2.45, 2.75) is 49.9 Å². The normalized spacial score (nSPS) is 19.2. The lowest BCUT2D eigenvalue weighted by Gasteiger charge is -2.48. The molecule has 6 heterocycles. The zero-order valence-electron chi connectivity index (χ0n) is 28.3. The van der Waals surface area contributed by atoms with E-state index < -0.39 is 5.82 Å². The second-order valence-electron chi connectivity index (χ2n) is 14.1. The third-order valence-electron chi connectivity index (χ3n) is 10.5. The molecule has 13 heteroatoms. The highest BCUT2D eigenvalue weighted by Gasteiger charge is 2.48. The molecule has 2 aromatic carbocycles. The van der Waals surface area contributed by atoms with Crippen molar-refractivity contribution in [2.75, 3.05) is 40.4 Å². The number of hydrogen-bond donors (Lipinski definition) is 2. The molecule has 0 radical (unpaired) electrons. The second-order valence-corrected chi connectivity index (χ2v) is 14.9. The van der Waals surface area contributed by atoms with Crippen LogP contribution in [0.3, 0.4) is 0 Å². The Labute approximate surface area is 305 Å². The molecule has 10 nitrogen and oxygen atoms in total. The Morgan fingerprint density at radius 3 is 1.67 bits per heavy atom. The number of carbonyl (C=O) groups excluding carboxylic acids is 2. The van der Waals surface area contributed by atoms with Crippen molar-refractivity contribution < 1.29 is 23.5 Å². The van der Waals surface area contributed by atoms with E-state index in [1.165, 1.54) is 6.07 Å². The van der Waals surface area contributed by atoms with E-state index >= 15 is 4.39 Å². The maximum absolute atomic E-state index is 15.7. The monoisotopic (exact) mass is 730 g/mol. The van der Waals surface area contributed by atoms with Gasteiger partial charge in [0.05, 0.1) is 46.7 Å². The number of amides is 2. The van der Waals surface area contributed by atoms with Crippen LogP contribution in [-0.2, 0) is 22.7 Å². The van der Waals surface area contributed by atoms with E-state index in [9.17, 15) is 9.59 Å². The van der Waals surface area contributed by atoms with E-state index in [1.54, 1.807) is 32.4 Å². The molecule has 2 N–H and O–H groups in total. The highest BCUT2D eigenvalue weighted by Crippen LogP contribution is 2.44. The molecular weight excluding hydrogens is 694 g/mol. The number of rotatable bonds is 9. The maximum Gasteiger partial charge on any atom is 0.220 e. The van der Waals surface area contributed by atoms with Gasteiger partial charge in [0.2, 0.25) is 23.6 Å². The van der Waals surface area contributed by atoms with Crippen LogP contribution in [0.25, 0.3) is 33.6 Å². The summed E-state index contributed by atoms with van der Waals surface area (Å²) in [5, 5.41) is 6.69. The molecule has 4 fully saturated rings. The zero-order valence-corrected chi connectivity index (χ0v) is 29.8. The van der Waals surface area contributed by atoms with Crippen LogP contribution >= 0.6 is 23.2 Å². The van der Waals surface area contributed by atoms with Gasteiger partial charge in [0.15, 0.2) is 0 Å². The summed E-state index contributed by atoms with van der Waals surface area (Å²) in [6, 6.07) is 16.0. The first-order valence-corrected chi connectivity index (χ1v) is 17.8. The Morgan fingerprint density at radius 1 is 0.706 bits per heavy atom. The maximum atomic E-state index is 15.7. The number of nitrogens with one attached hydrogen (secondary N) is 2. The van der Waals surface area contributed by atoms with Crippen molar-refractivity contribution in [3.63, 3.8) is 0 Å². The van der Waals surface area contributed by atoms with Crippen molar-refractivity contribution in [2.24, 2.45) is 0 Å². The van der Waals surface area contributed by atoms with E-state index in [0.717, 1.165) is 50.1 Å². The summed E-state index contributed by atoms with van der Waals surface area (Å²) < 4.78 is 27.0. The van der Waals surface area contributed by atoms with Gasteiger partial charge in [-0.3, -0.25) is 19.4 Å². The number of hydrogen-bond acceptors (Lipinski definition) is 8. The quantitative estimate of drug-likeness (QED) is 0.220. The predicted molar refractivity (Wildman–Crippen MR) is 192 cm³/mol. The van der Waals surface area contributed by atoms with Gasteiger partial charge in [0.25, 0.3) is 0 Å². The summed E-state index contributed by atoms with van der Waals surface area (Å²) >= 11 is 14.0. The van der Waals surface area contributed by atoms with E-state index in [4.69, 9.17) is 42.6 Å². The molecule has 0 unspecified atom stereocenters. The summed E-state index contributed by atoms with van der Waals surface area (Å²) in [6.45, 7) is 4.40. The molecule has 51 heavy (non-hydrogen) atoms. The lowest BCUT2D eigenvalue weighted by atomic mass is 9.88. The summed E-state index contributed by atoms with van der Waals surface area (Å²) in [6.07, 6.45) is 2.87.